The summed E-state index contributed by atoms with van der Waals surface area (Å²) >= 11 is 0. The van der Waals surface area contributed by atoms with Crippen molar-refractivity contribution in [3.05, 3.63) is 72.9 Å². The van der Waals surface area contributed by atoms with Gasteiger partial charge >= 0.3 is 23.9 Å². The van der Waals surface area contributed by atoms with Crippen molar-refractivity contribution in [1.29, 1.82) is 0 Å². The second-order valence-corrected chi connectivity index (χ2v) is 23.8. The third-order valence-electron chi connectivity index (χ3n) is 15.8. The number of aliphatic hydroxyl groups excluding tert-OH is 2. The molecular weight excluding hydrogens is 1070 g/mol. The Kier molecular flexibility index (Phi) is 56.3. The van der Waals surface area contributed by atoms with E-state index >= 15 is 0 Å². The number of hydrogen-bond acceptors (Lipinski definition) is 11. The number of aliphatic hydroxyl groups is 2. The molecule has 3 N–H and O–H groups in total. The van der Waals surface area contributed by atoms with E-state index in [1.54, 1.807) is 0 Å². The lowest BCUT2D eigenvalue weighted by Crippen LogP contribution is -2.61. The molecule has 0 amide bonds. The van der Waals surface area contributed by atoms with Crippen molar-refractivity contribution in [3.8, 4) is 0 Å². The second-order valence-electron chi connectivity index (χ2n) is 23.8. The Hall–Kier alpha value is -3.84. The highest BCUT2D eigenvalue weighted by atomic mass is 16.7. The van der Waals surface area contributed by atoms with Gasteiger partial charge in [-0.05, 0) is 89.9 Å². The Morgan fingerprint density at radius 3 is 1.15 bits per heavy atom. The third kappa shape index (κ3) is 49.8. The fourth-order valence-electron chi connectivity index (χ4n) is 10.5. The minimum absolute atomic E-state index is 0.0524. The molecule has 1 heterocycles. The fraction of sp³-hybridized carbons (Fsp3) is 0.781. The summed E-state index contributed by atoms with van der Waals surface area (Å²) in [4.78, 5) is 51.5. The van der Waals surface area contributed by atoms with Crippen LogP contribution in [0.15, 0.2) is 72.9 Å². The SMILES string of the molecule is CC/C=C\C/C=C\C/C=C\C/C=C\C/C=C\CCCCCC(=O)OCC(COC1OC(C(=O)O)C(O)C(O)C1OC(=O)CCCCCCCCC/C=C\CCCCCCCC)OC(=O)CCCCCCCCCCCCCCCCCCCCC. The number of ether oxygens (including phenoxy) is 5. The monoisotopic (exact) mass is 1190 g/mol. The highest BCUT2D eigenvalue weighted by Gasteiger charge is 2.50. The molecular formula is C73H126O12. The van der Waals surface area contributed by atoms with Crippen LogP contribution in [0.3, 0.4) is 0 Å². The van der Waals surface area contributed by atoms with Crippen LogP contribution in [0.1, 0.15) is 316 Å². The average Bonchev–Trinajstić information content (AvgIpc) is 3.46. The van der Waals surface area contributed by atoms with Crippen LogP contribution in [-0.4, -0.2) is 89.2 Å². The Morgan fingerprint density at radius 2 is 0.741 bits per heavy atom. The molecule has 0 spiro atoms. The van der Waals surface area contributed by atoms with Gasteiger partial charge in [0.05, 0.1) is 6.61 Å². The van der Waals surface area contributed by atoms with Gasteiger partial charge in [0.15, 0.2) is 24.6 Å². The van der Waals surface area contributed by atoms with Crippen LogP contribution in [-0.2, 0) is 42.9 Å². The van der Waals surface area contributed by atoms with Crippen molar-refractivity contribution < 1.29 is 58.2 Å². The predicted molar refractivity (Wildman–Crippen MR) is 349 cm³/mol. The molecule has 0 aliphatic carbocycles. The van der Waals surface area contributed by atoms with Gasteiger partial charge in [-0.2, -0.15) is 0 Å². The van der Waals surface area contributed by atoms with E-state index < -0.39 is 67.3 Å². The molecule has 12 nitrogen and oxygen atoms in total. The maximum atomic E-state index is 13.2. The first-order chi connectivity index (χ1) is 41.6. The van der Waals surface area contributed by atoms with Crippen LogP contribution >= 0.6 is 0 Å². The second kappa shape index (κ2) is 60.4. The maximum Gasteiger partial charge on any atom is 0.335 e. The number of carbonyl (C=O) groups excluding carboxylic acids is 3. The lowest BCUT2D eigenvalue weighted by atomic mass is 9.98. The third-order valence-corrected chi connectivity index (χ3v) is 15.8. The Labute approximate surface area is 518 Å². The van der Waals surface area contributed by atoms with Gasteiger partial charge in [-0.1, -0.05) is 280 Å². The van der Waals surface area contributed by atoms with Crippen LogP contribution in [0.4, 0.5) is 0 Å². The molecule has 1 aliphatic rings. The molecule has 12 heteroatoms. The quantitative estimate of drug-likeness (QED) is 0.0228. The molecule has 1 rings (SSSR count). The zero-order valence-corrected chi connectivity index (χ0v) is 54.3. The van der Waals surface area contributed by atoms with Crippen LogP contribution < -0.4 is 0 Å². The molecule has 1 fully saturated rings. The van der Waals surface area contributed by atoms with E-state index in [4.69, 9.17) is 23.7 Å². The first-order valence-corrected chi connectivity index (χ1v) is 34.9. The molecule has 0 bridgehead atoms. The van der Waals surface area contributed by atoms with Gasteiger partial charge in [-0.15, -0.1) is 0 Å². The van der Waals surface area contributed by atoms with E-state index in [1.807, 2.05) is 0 Å². The summed E-state index contributed by atoms with van der Waals surface area (Å²) in [5, 5.41) is 31.7. The molecule has 0 aromatic rings. The number of allylic oxidation sites excluding steroid dienone is 12. The Bertz CT molecular complexity index is 1750. The molecule has 490 valence electrons. The summed E-state index contributed by atoms with van der Waals surface area (Å²) in [5.41, 5.74) is 0. The summed E-state index contributed by atoms with van der Waals surface area (Å²) in [5.74, 6) is -3.14. The van der Waals surface area contributed by atoms with E-state index in [9.17, 15) is 34.5 Å². The molecule has 1 saturated heterocycles. The number of hydrogen-bond donors (Lipinski definition) is 3. The van der Waals surface area contributed by atoms with Crippen LogP contribution in [0.5, 0.6) is 0 Å². The summed E-state index contributed by atoms with van der Waals surface area (Å²) in [6, 6.07) is 0. The zero-order chi connectivity index (χ0) is 61.7. The van der Waals surface area contributed by atoms with Gasteiger partial charge in [0, 0.05) is 19.3 Å². The number of carboxylic acids is 1. The van der Waals surface area contributed by atoms with Crippen LogP contribution in [0, 0.1) is 0 Å². The number of carbonyl (C=O) groups is 4. The van der Waals surface area contributed by atoms with Crippen molar-refractivity contribution in [2.24, 2.45) is 0 Å². The van der Waals surface area contributed by atoms with Crippen LogP contribution in [0.25, 0.3) is 0 Å². The average molecular weight is 1200 g/mol. The Balaban J connectivity index is 2.66. The van der Waals surface area contributed by atoms with Gasteiger partial charge < -0.3 is 39.0 Å². The van der Waals surface area contributed by atoms with Gasteiger partial charge in [-0.3, -0.25) is 14.4 Å². The molecule has 6 atom stereocenters. The molecule has 0 radical (unpaired) electrons. The molecule has 0 aromatic heterocycles. The van der Waals surface area contributed by atoms with E-state index in [2.05, 4.69) is 93.7 Å². The first-order valence-electron chi connectivity index (χ1n) is 34.9. The summed E-state index contributed by atoms with van der Waals surface area (Å²) in [6.45, 7) is 5.90. The van der Waals surface area contributed by atoms with Gasteiger partial charge in [-0.25, -0.2) is 4.79 Å². The molecule has 1 aliphatic heterocycles. The van der Waals surface area contributed by atoms with Gasteiger partial charge in [0.25, 0.3) is 0 Å². The van der Waals surface area contributed by atoms with Gasteiger partial charge in [0.1, 0.15) is 18.8 Å². The molecule has 0 saturated carbocycles. The predicted octanol–water partition coefficient (Wildman–Crippen LogP) is 19.2. The summed E-state index contributed by atoms with van der Waals surface area (Å²) in [7, 11) is 0. The Morgan fingerprint density at radius 1 is 0.400 bits per heavy atom. The summed E-state index contributed by atoms with van der Waals surface area (Å²) in [6.07, 6.45) is 65.7. The van der Waals surface area contributed by atoms with Crippen molar-refractivity contribution in [2.75, 3.05) is 13.2 Å². The lowest BCUT2D eigenvalue weighted by molar-refractivity contribution is -0.301. The van der Waals surface area contributed by atoms with Crippen molar-refractivity contribution in [2.45, 2.75) is 353 Å². The molecule has 0 aromatic carbocycles. The maximum absolute atomic E-state index is 13.2. The van der Waals surface area contributed by atoms with Crippen LogP contribution in [0.2, 0.25) is 0 Å². The number of unbranched alkanes of at least 4 members (excludes halogenated alkanes) is 34. The smallest absolute Gasteiger partial charge is 0.335 e. The van der Waals surface area contributed by atoms with E-state index in [-0.39, 0.29) is 25.9 Å². The lowest BCUT2D eigenvalue weighted by Gasteiger charge is -2.40. The number of aliphatic carboxylic acids is 1. The molecule has 6 unspecified atom stereocenters. The van der Waals surface area contributed by atoms with Crippen molar-refractivity contribution in [1.82, 2.24) is 0 Å². The van der Waals surface area contributed by atoms with E-state index in [1.165, 1.54) is 154 Å². The fourth-order valence-corrected chi connectivity index (χ4v) is 10.5. The highest BCUT2D eigenvalue weighted by molar-refractivity contribution is 5.74. The highest BCUT2D eigenvalue weighted by Crippen LogP contribution is 2.27. The minimum atomic E-state index is -1.91. The zero-order valence-electron chi connectivity index (χ0n) is 54.3. The largest absolute Gasteiger partial charge is 0.479 e. The van der Waals surface area contributed by atoms with Crippen molar-refractivity contribution in [3.63, 3.8) is 0 Å². The number of carboxylic acid groups (broad SMARTS) is 1. The van der Waals surface area contributed by atoms with Crippen molar-refractivity contribution >= 4 is 23.9 Å². The normalized spacial score (nSPS) is 17.9. The minimum Gasteiger partial charge on any atom is -0.479 e. The van der Waals surface area contributed by atoms with E-state index in [0.717, 1.165) is 103 Å². The number of esters is 3. The first kappa shape index (κ1) is 79.2. The van der Waals surface area contributed by atoms with Gasteiger partial charge in [0.2, 0.25) is 0 Å². The molecule has 85 heavy (non-hydrogen) atoms. The number of rotatable bonds is 60. The summed E-state index contributed by atoms with van der Waals surface area (Å²) < 4.78 is 28.6. The topological polar surface area (TPSA) is 175 Å². The van der Waals surface area contributed by atoms with E-state index in [0.29, 0.717) is 19.3 Å². The standard InChI is InChI=1S/C73H126O12/c1-4-7-10-13-16-19-22-25-28-31-33-36-38-41-44-47-50-53-56-59-65(74)81-62-64(83-66(75)60-57-54-51-48-45-42-40-37-34-32-29-26-23-20-17-14-11-8-5-2)63-82-73-71(69(78)68(77)70(85-73)72(79)80)84-67(76)61-58-55-52-49-46-43-39-35-30-27-24-21-18-15-12-9-6-3/h7,10,16,19,25,27-28,30,33,36,41,44,64,68-71,73,77-78H,4-6,8-9,11-15,17-18,20-24,26,29,31-32,34-35,37-40,42-43,45-63H2,1-3H3,(H,79,80)/b10-7-,19-16-,28-25-,30-27-,36-33-,44-41-.